The van der Waals surface area contributed by atoms with Crippen molar-refractivity contribution in [3.8, 4) is 5.75 Å². The molecule has 0 amide bonds. The summed E-state index contributed by atoms with van der Waals surface area (Å²) in [5.74, 6) is 0.857. The van der Waals surface area contributed by atoms with Crippen molar-refractivity contribution < 1.29 is 4.74 Å². The van der Waals surface area contributed by atoms with Crippen molar-refractivity contribution >= 4 is 5.69 Å². The molecule has 0 fully saturated rings. The van der Waals surface area contributed by atoms with Crippen LogP contribution < -0.4 is 10.5 Å². The third-order valence-corrected chi connectivity index (χ3v) is 3.04. The molecule has 1 heterocycles. The third-order valence-electron chi connectivity index (χ3n) is 3.04. The largest absolute Gasteiger partial charge is 0.487 e. The lowest BCUT2D eigenvalue weighted by atomic mass is 10.1. The number of hydrogen-bond acceptors (Lipinski definition) is 3. The topological polar surface area (TPSA) is 48.1 Å². The predicted molar refractivity (Wildman–Crippen MR) is 73.6 cm³/mol. The first-order valence-electron chi connectivity index (χ1n) is 5.98. The number of hydrogen-bond donors (Lipinski definition) is 1. The molecule has 1 aromatic carbocycles. The van der Waals surface area contributed by atoms with Gasteiger partial charge < -0.3 is 10.5 Å². The summed E-state index contributed by atoms with van der Waals surface area (Å²) in [5.41, 5.74) is 10.9. The maximum Gasteiger partial charge on any atom is 0.131 e. The zero-order valence-electron chi connectivity index (χ0n) is 11.0. The molecule has 0 aliphatic heterocycles. The van der Waals surface area contributed by atoms with Crippen molar-refractivity contribution in [1.82, 2.24) is 4.98 Å². The molecule has 0 radical (unpaired) electrons. The number of ether oxygens (including phenoxy) is 1. The highest BCUT2D eigenvalue weighted by Crippen LogP contribution is 2.20. The van der Waals surface area contributed by atoms with Crippen LogP contribution in [0.4, 0.5) is 5.69 Å². The molecule has 0 aliphatic rings. The molecule has 0 saturated heterocycles. The molecule has 2 N–H and O–H groups in total. The summed E-state index contributed by atoms with van der Waals surface area (Å²) < 4.78 is 5.73. The molecule has 0 atom stereocenters. The van der Waals surface area contributed by atoms with Gasteiger partial charge in [0.2, 0.25) is 0 Å². The highest BCUT2D eigenvalue weighted by molar-refractivity contribution is 5.53. The van der Waals surface area contributed by atoms with E-state index in [2.05, 4.69) is 4.98 Å². The molecule has 1 aromatic heterocycles. The number of anilines is 1. The molecule has 3 heteroatoms. The Bertz CT molecular complexity index is 564. The molecule has 94 valence electrons. The van der Waals surface area contributed by atoms with E-state index in [1.807, 2.05) is 45.0 Å². The summed E-state index contributed by atoms with van der Waals surface area (Å²) in [5, 5.41) is 0. The van der Waals surface area contributed by atoms with E-state index in [0.717, 1.165) is 28.3 Å². The van der Waals surface area contributed by atoms with Crippen LogP contribution in [-0.2, 0) is 6.61 Å². The van der Waals surface area contributed by atoms with Crippen LogP contribution in [0, 0.1) is 20.8 Å². The molecule has 0 spiro atoms. The van der Waals surface area contributed by atoms with Crippen molar-refractivity contribution in [3.63, 3.8) is 0 Å². The summed E-state index contributed by atoms with van der Waals surface area (Å²) in [7, 11) is 0. The number of benzene rings is 1. The van der Waals surface area contributed by atoms with Gasteiger partial charge in [-0.25, -0.2) is 0 Å². The van der Waals surface area contributed by atoms with Crippen molar-refractivity contribution in [2.45, 2.75) is 27.4 Å². The van der Waals surface area contributed by atoms with Gasteiger partial charge in [-0.3, -0.25) is 4.98 Å². The van der Waals surface area contributed by atoms with Crippen LogP contribution in [0.25, 0.3) is 0 Å². The van der Waals surface area contributed by atoms with E-state index in [1.54, 1.807) is 6.20 Å². The Morgan fingerprint density at radius 1 is 1.22 bits per heavy atom. The summed E-state index contributed by atoms with van der Waals surface area (Å²) in [6.45, 7) is 6.42. The number of aryl methyl sites for hydroxylation is 2. The molecule has 0 aliphatic carbocycles. The van der Waals surface area contributed by atoms with E-state index in [9.17, 15) is 0 Å². The molecule has 2 aromatic rings. The quantitative estimate of drug-likeness (QED) is 0.899. The van der Waals surface area contributed by atoms with Gasteiger partial charge in [-0.15, -0.1) is 0 Å². The smallest absolute Gasteiger partial charge is 0.131 e. The predicted octanol–water partition coefficient (Wildman–Crippen LogP) is 3.17. The van der Waals surface area contributed by atoms with Crippen LogP contribution >= 0.6 is 0 Å². The maximum atomic E-state index is 5.98. The van der Waals surface area contributed by atoms with Gasteiger partial charge >= 0.3 is 0 Å². The molecule has 0 unspecified atom stereocenters. The van der Waals surface area contributed by atoms with Gasteiger partial charge in [0.05, 0.1) is 5.69 Å². The number of nitrogen functional groups attached to an aromatic ring is 1. The lowest BCUT2D eigenvalue weighted by Crippen LogP contribution is -2.05. The fourth-order valence-electron chi connectivity index (χ4n) is 1.79. The third kappa shape index (κ3) is 2.62. The molecular weight excluding hydrogens is 224 g/mol. The first-order chi connectivity index (χ1) is 8.58. The van der Waals surface area contributed by atoms with Gasteiger partial charge in [-0.1, -0.05) is 12.1 Å². The van der Waals surface area contributed by atoms with E-state index >= 15 is 0 Å². The Labute approximate surface area is 108 Å². The van der Waals surface area contributed by atoms with Crippen molar-refractivity contribution in [3.05, 3.63) is 52.8 Å². The van der Waals surface area contributed by atoms with Gasteiger partial charge in [0.1, 0.15) is 12.4 Å². The Morgan fingerprint density at radius 2 is 2.00 bits per heavy atom. The van der Waals surface area contributed by atoms with Crippen LogP contribution in [-0.4, -0.2) is 4.98 Å². The van der Waals surface area contributed by atoms with Crippen molar-refractivity contribution in [2.24, 2.45) is 0 Å². The average Bonchev–Trinajstić information content (AvgIpc) is 2.35. The number of pyridine rings is 1. The van der Waals surface area contributed by atoms with E-state index in [0.29, 0.717) is 6.61 Å². The Balaban J connectivity index is 2.14. The number of nitrogens with zero attached hydrogens (tertiary/aromatic N) is 1. The Morgan fingerprint density at radius 3 is 2.72 bits per heavy atom. The molecule has 0 bridgehead atoms. The van der Waals surface area contributed by atoms with E-state index in [1.165, 1.54) is 5.56 Å². The molecule has 3 nitrogen and oxygen atoms in total. The fourth-order valence-corrected chi connectivity index (χ4v) is 1.79. The SMILES string of the molecule is Cc1cccc(OCc2ncc(C)c(N)c2C)c1. The van der Waals surface area contributed by atoms with E-state index in [4.69, 9.17) is 10.5 Å². The van der Waals surface area contributed by atoms with Gasteiger partial charge in [0, 0.05) is 11.9 Å². The van der Waals surface area contributed by atoms with Gasteiger partial charge in [-0.05, 0) is 49.6 Å². The molecular formula is C15H18N2O. The summed E-state index contributed by atoms with van der Waals surface area (Å²) in [6, 6.07) is 7.97. The van der Waals surface area contributed by atoms with Crippen LogP contribution in [0.1, 0.15) is 22.4 Å². The number of aromatic nitrogens is 1. The lowest BCUT2D eigenvalue weighted by molar-refractivity contribution is 0.300. The molecule has 2 rings (SSSR count). The first-order valence-corrected chi connectivity index (χ1v) is 5.98. The monoisotopic (exact) mass is 242 g/mol. The molecule has 0 saturated carbocycles. The minimum absolute atomic E-state index is 0.444. The van der Waals surface area contributed by atoms with Crippen LogP contribution in [0.15, 0.2) is 30.5 Å². The first kappa shape index (κ1) is 12.4. The van der Waals surface area contributed by atoms with E-state index in [-0.39, 0.29) is 0 Å². The second kappa shape index (κ2) is 5.08. The second-order valence-electron chi connectivity index (χ2n) is 4.53. The fraction of sp³-hybridized carbons (Fsp3) is 0.267. The average molecular weight is 242 g/mol. The highest BCUT2D eigenvalue weighted by atomic mass is 16.5. The zero-order chi connectivity index (χ0) is 13.1. The normalized spacial score (nSPS) is 10.4. The minimum Gasteiger partial charge on any atom is -0.487 e. The number of rotatable bonds is 3. The highest BCUT2D eigenvalue weighted by Gasteiger charge is 2.06. The van der Waals surface area contributed by atoms with Gasteiger partial charge in [-0.2, -0.15) is 0 Å². The lowest BCUT2D eigenvalue weighted by Gasteiger charge is -2.11. The second-order valence-corrected chi connectivity index (χ2v) is 4.53. The molecule has 18 heavy (non-hydrogen) atoms. The standard InChI is InChI=1S/C15H18N2O/c1-10-5-4-6-13(7-10)18-9-14-12(3)15(16)11(2)8-17-14/h4-8H,9H2,1-3H3,(H2,16,17). The van der Waals surface area contributed by atoms with Crippen LogP contribution in [0.3, 0.4) is 0 Å². The van der Waals surface area contributed by atoms with E-state index < -0.39 is 0 Å². The zero-order valence-corrected chi connectivity index (χ0v) is 11.0. The van der Waals surface area contributed by atoms with Crippen LogP contribution in [0.5, 0.6) is 5.75 Å². The number of nitrogens with two attached hydrogens (primary N) is 1. The van der Waals surface area contributed by atoms with Gasteiger partial charge in [0.15, 0.2) is 0 Å². The summed E-state index contributed by atoms with van der Waals surface area (Å²) in [6.07, 6.45) is 1.79. The Hall–Kier alpha value is -2.03. The minimum atomic E-state index is 0.444. The van der Waals surface area contributed by atoms with Crippen molar-refractivity contribution in [1.29, 1.82) is 0 Å². The van der Waals surface area contributed by atoms with Crippen molar-refractivity contribution in [2.75, 3.05) is 5.73 Å². The van der Waals surface area contributed by atoms with Crippen LogP contribution in [0.2, 0.25) is 0 Å². The Kier molecular flexibility index (Phi) is 3.51. The summed E-state index contributed by atoms with van der Waals surface area (Å²) >= 11 is 0. The van der Waals surface area contributed by atoms with Gasteiger partial charge in [0.25, 0.3) is 0 Å². The maximum absolute atomic E-state index is 5.98. The summed E-state index contributed by atoms with van der Waals surface area (Å²) in [4.78, 5) is 4.37.